The van der Waals surface area contributed by atoms with Crippen LogP contribution in [0.15, 0.2) is 57.9 Å². The SMILES string of the molecule is CC(C)(COc1ccc2c(=O)c(Oc3ccc(Cl)cc3)coc2c1)C(=O)O. The summed E-state index contributed by atoms with van der Waals surface area (Å²) in [7, 11) is 0. The molecule has 0 saturated heterocycles. The molecule has 7 heteroatoms. The summed E-state index contributed by atoms with van der Waals surface area (Å²) in [5.74, 6) is -0.0439. The third-order valence-electron chi connectivity index (χ3n) is 3.93. The maximum absolute atomic E-state index is 12.6. The fourth-order valence-electron chi connectivity index (χ4n) is 2.21. The topological polar surface area (TPSA) is 86.0 Å². The van der Waals surface area contributed by atoms with Crippen molar-refractivity contribution in [3.8, 4) is 17.2 Å². The van der Waals surface area contributed by atoms with E-state index in [1.807, 2.05) is 0 Å². The second-order valence-electron chi connectivity index (χ2n) is 6.62. The van der Waals surface area contributed by atoms with E-state index >= 15 is 0 Å². The lowest BCUT2D eigenvalue weighted by atomic mass is 9.95. The molecule has 0 radical (unpaired) electrons. The molecule has 0 atom stereocenters. The predicted octanol–water partition coefficient (Wildman–Crippen LogP) is 4.73. The van der Waals surface area contributed by atoms with Gasteiger partial charge in [0, 0.05) is 11.1 Å². The highest BCUT2D eigenvalue weighted by Gasteiger charge is 2.28. The van der Waals surface area contributed by atoms with Gasteiger partial charge >= 0.3 is 5.97 Å². The van der Waals surface area contributed by atoms with E-state index in [0.29, 0.717) is 27.5 Å². The second-order valence-corrected chi connectivity index (χ2v) is 7.06. The van der Waals surface area contributed by atoms with Gasteiger partial charge in [-0.05, 0) is 50.2 Å². The van der Waals surface area contributed by atoms with Crippen LogP contribution in [-0.2, 0) is 4.79 Å². The molecule has 0 fully saturated rings. The van der Waals surface area contributed by atoms with Crippen LogP contribution in [0, 0.1) is 5.41 Å². The summed E-state index contributed by atoms with van der Waals surface area (Å²) in [4.78, 5) is 23.7. The maximum Gasteiger partial charge on any atom is 0.312 e. The largest absolute Gasteiger partial charge is 0.492 e. The minimum atomic E-state index is -1.04. The van der Waals surface area contributed by atoms with Crippen LogP contribution in [0.1, 0.15) is 13.8 Å². The summed E-state index contributed by atoms with van der Waals surface area (Å²) in [5.41, 5.74) is -1.05. The number of rotatable bonds is 6. The average molecular weight is 389 g/mol. The van der Waals surface area contributed by atoms with Crippen molar-refractivity contribution < 1.29 is 23.8 Å². The zero-order chi connectivity index (χ0) is 19.6. The first-order valence-electron chi connectivity index (χ1n) is 8.11. The molecule has 27 heavy (non-hydrogen) atoms. The molecule has 0 amide bonds. The molecule has 0 bridgehead atoms. The lowest BCUT2D eigenvalue weighted by molar-refractivity contribution is -0.148. The van der Waals surface area contributed by atoms with Crippen LogP contribution in [0.5, 0.6) is 17.2 Å². The molecule has 0 saturated carbocycles. The number of hydrogen-bond donors (Lipinski definition) is 1. The Morgan fingerprint density at radius 2 is 1.81 bits per heavy atom. The van der Waals surface area contributed by atoms with Gasteiger partial charge in [-0.3, -0.25) is 9.59 Å². The Labute approximate surface area is 159 Å². The van der Waals surface area contributed by atoms with Crippen LogP contribution in [-0.4, -0.2) is 17.7 Å². The molecule has 0 aliphatic heterocycles. The van der Waals surface area contributed by atoms with Crippen molar-refractivity contribution >= 4 is 28.5 Å². The smallest absolute Gasteiger partial charge is 0.312 e. The van der Waals surface area contributed by atoms with Gasteiger partial charge < -0.3 is 19.0 Å². The van der Waals surface area contributed by atoms with Crippen molar-refractivity contribution in [2.45, 2.75) is 13.8 Å². The molecule has 3 aromatic rings. The highest BCUT2D eigenvalue weighted by atomic mass is 35.5. The summed E-state index contributed by atoms with van der Waals surface area (Å²) >= 11 is 5.83. The summed E-state index contributed by atoms with van der Waals surface area (Å²) in [6.07, 6.45) is 1.23. The third-order valence-corrected chi connectivity index (χ3v) is 4.19. The van der Waals surface area contributed by atoms with Crippen LogP contribution in [0.3, 0.4) is 0 Å². The van der Waals surface area contributed by atoms with Crippen LogP contribution < -0.4 is 14.9 Å². The van der Waals surface area contributed by atoms with E-state index in [1.165, 1.54) is 6.26 Å². The van der Waals surface area contributed by atoms with E-state index in [1.54, 1.807) is 56.3 Å². The Kier molecular flexibility index (Phi) is 5.10. The van der Waals surface area contributed by atoms with Gasteiger partial charge in [0.05, 0.1) is 10.8 Å². The summed E-state index contributed by atoms with van der Waals surface area (Å²) in [6.45, 7) is 3.11. The molecule has 0 spiro atoms. The fraction of sp³-hybridized carbons (Fsp3) is 0.200. The zero-order valence-corrected chi connectivity index (χ0v) is 15.4. The minimum absolute atomic E-state index is 0.0180. The Balaban J connectivity index is 1.84. The van der Waals surface area contributed by atoms with Crippen molar-refractivity contribution in [3.63, 3.8) is 0 Å². The van der Waals surface area contributed by atoms with E-state index in [9.17, 15) is 9.59 Å². The van der Waals surface area contributed by atoms with Gasteiger partial charge in [0.15, 0.2) is 0 Å². The molecule has 2 aromatic carbocycles. The Bertz CT molecular complexity index is 1040. The molecule has 1 aromatic heterocycles. The molecule has 140 valence electrons. The number of ether oxygens (including phenoxy) is 2. The molecular weight excluding hydrogens is 372 g/mol. The monoisotopic (exact) mass is 388 g/mol. The number of benzene rings is 2. The Morgan fingerprint density at radius 1 is 1.15 bits per heavy atom. The van der Waals surface area contributed by atoms with Gasteiger partial charge in [0.25, 0.3) is 0 Å². The number of carboxylic acid groups (broad SMARTS) is 1. The van der Waals surface area contributed by atoms with E-state index in [2.05, 4.69) is 0 Å². The van der Waals surface area contributed by atoms with Crippen LogP contribution in [0.4, 0.5) is 0 Å². The van der Waals surface area contributed by atoms with Crippen LogP contribution in [0.2, 0.25) is 5.02 Å². The Hall–Kier alpha value is -2.99. The molecular formula is C20H17ClO6. The minimum Gasteiger partial charge on any atom is -0.492 e. The van der Waals surface area contributed by atoms with Gasteiger partial charge in [0.1, 0.15) is 30.0 Å². The van der Waals surface area contributed by atoms with Crippen molar-refractivity contribution in [2.75, 3.05) is 6.61 Å². The second kappa shape index (κ2) is 7.32. The summed E-state index contributed by atoms with van der Waals surface area (Å²) in [5, 5.41) is 10.0. The molecule has 3 rings (SSSR count). The van der Waals surface area contributed by atoms with E-state index < -0.39 is 11.4 Å². The molecule has 6 nitrogen and oxygen atoms in total. The zero-order valence-electron chi connectivity index (χ0n) is 14.7. The number of hydrogen-bond acceptors (Lipinski definition) is 5. The highest BCUT2D eigenvalue weighted by molar-refractivity contribution is 6.30. The van der Waals surface area contributed by atoms with Crippen molar-refractivity contribution in [3.05, 3.63) is 64.0 Å². The predicted molar refractivity (Wildman–Crippen MR) is 101 cm³/mol. The number of halogens is 1. The number of carbonyl (C=O) groups is 1. The molecule has 1 heterocycles. The number of carboxylic acids is 1. The van der Waals surface area contributed by atoms with Crippen LogP contribution >= 0.6 is 11.6 Å². The van der Waals surface area contributed by atoms with Crippen molar-refractivity contribution in [1.82, 2.24) is 0 Å². The number of fused-ring (bicyclic) bond motifs is 1. The van der Waals surface area contributed by atoms with Gasteiger partial charge in [-0.2, -0.15) is 0 Å². The quantitative estimate of drug-likeness (QED) is 0.657. The number of aliphatic carboxylic acids is 1. The molecule has 0 aliphatic carbocycles. The molecule has 0 aliphatic rings. The van der Waals surface area contributed by atoms with Gasteiger partial charge in [-0.15, -0.1) is 0 Å². The first-order chi connectivity index (χ1) is 12.8. The lowest BCUT2D eigenvalue weighted by Crippen LogP contribution is -2.30. The molecule has 1 N–H and O–H groups in total. The van der Waals surface area contributed by atoms with Crippen LogP contribution in [0.25, 0.3) is 11.0 Å². The Morgan fingerprint density at radius 3 is 2.48 bits per heavy atom. The first-order valence-corrected chi connectivity index (χ1v) is 8.49. The lowest BCUT2D eigenvalue weighted by Gasteiger charge is -2.19. The van der Waals surface area contributed by atoms with Crippen molar-refractivity contribution in [1.29, 1.82) is 0 Å². The fourth-order valence-corrected chi connectivity index (χ4v) is 2.33. The maximum atomic E-state index is 12.6. The third kappa shape index (κ3) is 4.23. The van der Waals surface area contributed by atoms with Crippen molar-refractivity contribution in [2.24, 2.45) is 5.41 Å². The standard InChI is InChI=1S/C20H17ClO6/c1-20(2,19(23)24)11-26-14-7-8-15-16(9-14)25-10-17(18(15)22)27-13-5-3-12(21)4-6-13/h3-10H,11H2,1-2H3,(H,23,24). The van der Waals surface area contributed by atoms with Gasteiger partial charge in [-0.1, -0.05) is 11.6 Å². The normalized spacial score (nSPS) is 11.4. The van der Waals surface area contributed by atoms with Gasteiger partial charge in [-0.25, -0.2) is 0 Å². The summed E-state index contributed by atoms with van der Waals surface area (Å²) < 4.78 is 16.6. The first kappa shape index (κ1) is 18.8. The molecule has 0 unspecified atom stereocenters. The summed E-state index contributed by atoms with van der Waals surface area (Å²) in [6, 6.07) is 11.3. The van der Waals surface area contributed by atoms with Gasteiger partial charge in [0.2, 0.25) is 11.2 Å². The van der Waals surface area contributed by atoms with E-state index in [0.717, 1.165) is 0 Å². The highest BCUT2D eigenvalue weighted by Crippen LogP contribution is 2.26. The van der Waals surface area contributed by atoms with E-state index in [4.69, 9.17) is 30.6 Å². The average Bonchev–Trinajstić information content (AvgIpc) is 2.64. The van der Waals surface area contributed by atoms with E-state index in [-0.39, 0.29) is 17.8 Å².